The summed E-state index contributed by atoms with van der Waals surface area (Å²) in [6.07, 6.45) is 0. The largest absolute Gasteiger partial charge is 0.492 e. The van der Waals surface area contributed by atoms with E-state index in [1.807, 2.05) is 58.9 Å². The molecule has 0 fully saturated rings. The average molecular weight is 349 g/mol. The van der Waals surface area contributed by atoms with E-state index in [1.54, 1.807) is 4.68 Å². The van der Waals surface area contributed by atoms with Crippen LogP contribution >= 0.6 is 11.8 Å². The fraction of sp³-hybridized carbons (Fsp3) is 0.500. The summed E-state index contributed by atoms with van der Waals surface area (Å²) in [4.78, 5) is 12.3. The van der Waals surface area contributed by atoms with Crippen LogP contribution in [0.5, 0.6) is 5.75 Å². The summed E-state index contributed by atoms with van der Waals surface area (Å²) in [6, 6.07) is 7.53. The van der Waals surface area contributed by atoms with E-state index < -0.39 is 0 Å². The number of nitrogens with zero attached hydrogens (tertiary/aromatic N) is 4. The Morgan fingerprint density at radius 3 is 2.75 bits per heavy atom. The first kappa shape index (κ1) is 18.3. The fourth-order valence-corrected chi connectivity index (χ4v) is 2.80. The molecule has 0 saturated heterocycles. The average Bonchev–Trinajstić information content (AvgIpc) is 2.94. The van der Waals surface area contributed by atoms with Gasteiger partial charge in [0.15, 0.2) is 0 Å². The van der Waals surface area contributed by atoms with Crippen molar-refractivity contribution >= 4 is 17.7 Å². The minimum Gasteiger partial charge on any atom is -0.492 e. The number of rotatable bonds is 6. The predicted molar refractivity (Wildman–Crippen MR) is 93.5 cm³/mol. The number of hydrogen-bond donors (Lipinski definition) is 1. The summed E-state index contributed by atoms with van der Waals surface area (Å²) in [5.74, 6) is 0.640. The third-order valence-corrected chi connectivity index (χ3v) is 4.02. The molecule has 1 N–H and O–H groups in total. The molecule has 1 amide bonds. The van der Waals surface area contributed by atoms with Gasteiger partial charge in [0, 0.05) is 5.54 Å². The van der Waals surface area contributed by atoms with E-state index in [0.717, 1.165) is 5.69 Å². The zero-order valence-electron chi connectivity index (χ0n) is 14.6. The maximum atomic E-state index is 12.3. The molecule has 0 spiro atoms. The molecule has 1 atom stereocenters. The first-order chi connectivity index (χ1) is 11.3. The van der Waals surface area contributed by atoms with Crippen molar-refractivity contribution in [3.05, 3.63) is 24.3 Å². The second-order valence-corrected chi connectivity index (χ2v) is 7.58. The van der Waals surface area contributed by atoms with Gasteiger partial charge in [-0.3, -0.25) is 4.79 Å². The molecule has 0 aliphatic carbocycles. The van der Waals surface area contributed by atoms with Gasteiger partial charge in [0.1, 0.15) is 11.4 Å². The molecule has 7 nitrogen and oxygen atoms in total. The van der Waals surface area contributed by atoms with Gasteiger partial charge in [-0.05, 0) is 57.2 Å². The highest BCUT2D eigenvalue weighted by molar-refractivity contribution is 8.00. The Labute approximate surface area is 146 Å². The zero-order chi connectivity index (χ0) is 17.7. The second-order valence-electron chi connectivity index (χ2n) is 6.27. The third-order valence-electron chi connectivity index (χ3n) is 2.98. The molecule has 24 heavy (non-hydrogen) atoms. The van der Waals surface area contributed by atoms with Crippen LogP contribution in [0.1, 0.15) is 34.6 Å². The van der Waals surface area contributed by atoms with E-state index in [0.29, 0.717) is 17.5 Å². The molecule has 0 aliphatic heterocycles. The Morgan fingerprint density at radius 2 is 2.08 bits per heavy atom. The van der Waals surface area contributed by atoms with Gasteiger partial charge >= 0.3 is 0 Å². The number of nitrogens with one attached hydrogen (secondary N) is 1. The summed E-state index contributed by atoms with van der Waals surface area (Å²) in [7, 11) is 0. The summed E-state index contributed by atoms with van der Waals surface area (Å²) < 4.78 is 7.22. The normalized spacial score (nSPS) is 12.7. The lowest BCUT2D eigenvalue weighted by atomic mass is 10.1. The molecule has 1 aromatic heterocycles. The maximum absolute atomic E-state index is 12.3. The van der Waals surface area contributed by atoms with Crippen molar-refractivity contribution in [1.82, 2.24) is 25.5 Å². The maximum Gasteiger partial charge on any atom is 0.233 e. The smallest absolute Gasteiger partial charge is 0.233 e. The van der Waals surface area contributed by atoms with E-state index in [2.05, 4.69) is 20.8 Å². The van der Waals surface area contributed by atoms with Crippen LogP contribution in [0, 0.1) is 0 Å². The van der Waals surface area contributed by atoms with Crippen LogP contribution < -0.4 is 10.1 Å². The number of carbonyl (C=O) groups is 1. The van der Waals surface area contributed by atoms with Crippen LogP contribution in [0.2, 0.25) is 0 Å². The molecule has 2 rings (SSSR count). The van der Waals surface area contributed by atoms with E-state index in [4.69, 9.17) is 4.74 Å². The number of ether oxygens (including phenoxy) is 1. The Kier molecular flexibility index (Phi) is 5.82. The number of benzene rings is 1. The molecule has 0 saturated carbocycles. The van der Waals surface area contributed by atoms with Crippen LogP contribution in [0.4, 0.5) is 0 Å². The minimum atomic E-state index is -0.326. The Morgan fingerprint density at radius 1 is 1.38 bits per heavy atom. The van der Waals surface area contributed by atoms with Gasteiger partial charge in [0.05, 0.1) is 11.9 Å². The van der Waals surface area contributed by atoms with Crippen molar-refractivity contribution in [2.45, 2.75) is 50.6 Å². The lowest BCUT2D eigenvalue weighted by Gasteiger charge is -2.22. The molecule has 1 aromatic carbocycles. The number of aromatic nitrogens is 4. The molecule has 1 unspecified atom stereocenters. The fourth-order valence-electron chi connectivity index (χ4n) is 2.00. The molecule has 0 bridgehead atoms. The monoisotopic (exact) mass is 349 g/mol. The molecule has 1 heterocycles. The second kappa shape index (κ2) is 7.65. The van der Waals surface area contributed by atoms with Crippen molar-refractivity contribution in [2.75, 3.05) is 6.61 Å². The summed E-state index contributed by atoms with van der Waals surface area (Å²) in [6.45, 7) is 10.1. The lowest BCUT2D eigenvalue weighted by molar-refractivity contribution is -0.121. The lowest BCUT2D eigenvalue weighted by Crippen LogP contribution is -2.44. The molecular formula is C16H23N5O2S. The molecule has 2 aromatic rings. The molecular weight excluding hydrogens is 326 g/mol. The SMILES string of the molecule is CCOc1ccccc1-n1nnnc1SC(C)C(=O)NC(C)(C)C. The molecule has 8 heteroatoms. The molecule has 0 aliphatic rings. The van der Waals surface area contributed by atoms with E-state index in [-0.39, 0.29) is 16.7 Å². The number of tetrazole rings is 1. The quantitative estimate of drug-likeness (QED) is 0.807. The summed E-state index contributed by atoms with van der Waals surface area (Å²) in [5.41, 5.74) is 0.467. The first-order valence-corrected chi connectivity index (χ1v) is 8.69. The number of carbonyl (C=O) groups excluding carboxylic acids is 1. The first-order valence-electron chi connectivity index (χ1n) is 7.81. The highest BCUT2D eigenvalue weighted by Gasteiger charge is 2.23. The van der Waals surface area contributed by atoms with Crippen LogP contribution in [0.15, 0.2) is 29.4 Å². The van der Waals surface area contributed by atoms with Gasteiger partial charge in [0.25, 0.3) is 0 Å². The minimum absolute atomic E-state index is 0.0554. The highest BCUT2D eigenvalue weighted by Crippen LogP contribution is 2.28. The highest BCUT2D eigenvalue weighted by atomic mass is 32.2. The Hall–Kier alpha value is -2.09. The van der Waals surface area contributed by atoms with Crippen LogP contribution in [0.3, 0.4) is 0 Å². The van der Waals surface area contributed by atoms with Crippen molar-refractivity contribution in [3.8, 4) is 11.4 Å². The van der Waals surface area contributed by atoms with Gasteiger partial charge in [-0.1, -0.05) is 23.9 Å². The molecule has 0 radical (unpaired) electrons. The topological polar surface area (TPSA) is 81.9 Å². The third kappa shape index (κ3) is 4.70. The number of para-hydroxylation sites is 2. The van der Waals surface area contributed by atoms with Gasteiger partial charge in [0.2, 0.25) is 11.1 Å². The Bertz CT molecular complexity index is 696. The van der Waals surface area contributed by atoms with E-state index >= 15 is 0 Å². The van der Waals surface area contributed by atoms with E-state index in [9.17, 15) is 4.79 Å². The molecule has 130 valence electrons. The van der Waals surface area contributed by atoms with Crippen LogP contribution in [-0.2, 0) is 4.79 Å². The number of hydrogen-bond acceptors (Lipinski definition) is 6. The van der Waals surface area contributed by atoms with Crippen molar-refractivity contribution in [3.63, 3.8) is 0 Å². The standard InChI is InChI=1S/C16H23N5O2S/c1-6-23-13-10-8-7-9-12(13)21-15(18-19-20-21)24-11(2)14(22)17-16(3,4)5/h7-11H,6H2,1-5H3,(H,17,22). The van der Waals surface area contributed by atoms with Gasteiger partial charge in [-0.2, -0.15) is 4.68 Å². The van der Waals surface area contributed by atoms with Gasteiger partial charge in [-0.15, -0.1) is 5.10 Å². The summed E-state index contributed by atoms with van der Waals surface area (Å²) in [5, 5.41) is 15.0. The van der Waals surface area contributed by atoms with Crippen LogP contribution in [0.25, 0.3) is 5.69 Å². The van der Waals surface area contributed by atoms with Gasteiger partial charge < -0.3 is 10.1 Å². The number of thioether (sulfide) groups is 1. The number of amides is 1. The summed E-state index contributed by atoms with van der Waals surface area (Å²) >= 11 is 1.31. The van der Waals surface area contributed by atoms with Crippen molar-refractivity contribution in [1.29, 1.82) is 0 Å². The zero-order valence-corrected chi connectivity index (χ0v) is 15.4. The Balaban J connectivity index is 2.21. The van der Waals surface area contributed by atoms with Gasteiger partial charge in [-0.25, -0.2) is 0 Å². The van der Waals surface area contributed by atoms with Crippen molar-refractivity contribution in [2.24, 2.45) is 0 Å². The van der Waals surface area contributed by atoms with Crippen LogP contribution in [-0.4, -0.2) is 43.5 Å². The predicted octanol–water partition coefficient (Wildman–Crippen LogP) is 2.46. The van der Waals surface area contributed by atoms with E-state index in [1.165, 1.54) is 11.8 Å². The van der Waals surface area contributed by atoms with Crippen molar-refractivity contribution < 1.29 is 9.53 Å².